The lowest BCUT2D eigenvalue weighted by molar-refractivity contribution is -0.115. The number of hydrogen-bond donors (Lipinski definition) is 6. The molecule has 0 bridgehead atoms. The first-order valence-corrected chi connectivity index (χ1v) is 22.2. The van der Waals surface area contributed by atoms with Crippen molar-refractivity contribution in [3.05, 3.63) is 216 Å². The van der Waals surface area contributed by atoms with Crippen LogP contribution in [0.3, 0.4) is 0 Å². The first kappa shape index (κ1) is 42.7. The third-order valence-electron chi connectivity index (χ3n) is 12.6. The fourth-order valence-electron chi connectivity index (χ4n) is 9.26. The second kappa shape index (κ2) is 17.0. The number of rotatable bonds is 10. The van der Waals surface area contributed by atoms with Crippen LogP contribution >= 0.6 is 0 Å². The maximum atomic E-state index is 14.4. The second-order valence-electron chi connectivity index (χ2n) is 17.0. The molecule has 0 saturated carbocycles. The van der Waals surface area contributed by atoms with Crippen LogP contribution in [-0.4, -0.2) is 34.7 Å². The molecular formula is C58H38N6O6. The van der Waals surface area contributed by atoms with Crippen molar-refractivity contribution in [2.75, 3.05) is 21.3 Å². The molecule has 0 unspecified atom stereocenters. The monoisotopic (exact) mass is 914 g/mol. The molecule has 8 aromatic carbocycles. The maximum Gasteiger partial charge on any atom is 0.204 e. The van der Waals surface area contributed by atoms with Crippen LogP contribution in [-0.2, 0) is 28.8 Å². The third kappa shape index (κ3) is 7.57. The van der Waals surface area contributed by atoms with Gasteiger partial charge in [-0.05, 0) is 67.4 Å². The number of ketones is 6. The summed E-state index contributed by atoms with van der Waals surface area (Å²) < 4.78 is 0. The van der Waals surface area contributed by atoms with E-state index < -0.39 is 34.7 Å². The highest BCUT2D eigenvalue weighted by atomic mass is 16.2. The Morgan fingerprint density at radius 1 is 0.257 bits per heavy atom. The van der Waals surface area contributed by atoms with Gasteiger partial charge in [-0.25, -0.2) is 0 Å². The zero-order valence-electron chi connectivity index (χ0n) is 36.9. The van der Waals surface area contributed by atoms with Gasteiger partial charge >= 0.3 is 0 Å². The van der Waals surface area contributed by atoms with Gasteiger partial charge in [0.05, 0.1) is 34.2 Å². The molecule has 0 aliphatic heterocycles. The van der Waals surface area contributed by atoms with E-state index in [9.17, 15) is 28.8 Å². The number of carbonyl (C=O) groups is 6. The molecule has 0 saturated heterocycles. The van der Waals surface area contributed by atoms with Crippen LogP contribution in [0, 0.1) is 0 Å². The molecule has 336 valence electrons. The predicted octanol–water partition coefficient (Wildman–Crippen LogP) is 9.66. The largest absolute Gasteiger partial charge is 0.395 e. The number of anilines is 4. The highest BCUT2D eigenvalue weighted by molar-refractivity contribution is 6.26. The van der Waals surface area contributed by atoms with Crippen LogP contribution in [0.5, 0.6) is 0 Å². The zero-order valence-corrected chi connectivity index (χ0v) is 36.9. The summed E-state index contributed by atoms with van der Waals surface area (Å²) in [7, 11) is 0. The molecule has 0 fully saturated rings. The number of hydrogen-bond acceptors (Lipinski definition) is 12. The minimum absolute atomic E-state index is 0.0205. The van der Waals surface area contributed by atoms with Crippen molar-refractivity contribution >= 4 is 101 Å². The van der Waals surface area contributed by atoms with Crippen molar-refractivity contribution in [1.29, 1.82) is 0 Å². The van der Waals surface area contributed by atoms with Crippen molar-refractivity contribution < 1.29 is 28.8 Å². The molecular weight excluding hydrogens is 877 g/mol. The molecule has 12 heteroatoms. The van der Waals surface area contributed by atoms with E-state index in [2.05, 4.69) is 21.3 Å². The molecule has 0 aromatic heterocycles. The average Bonchev–Trinajstić information content (AvgIpc) is 3.36. The lowest BCUT2D eigenvalue weighted by Gasteiger charge is -2.23. The van der Waals surface area contributed by atoms with Crippen molar-refractivity contribution in [2.45, 2.75) is 0 Å². The van der Waals surface area contributed by atoms with Crippen LogP contribution in [0.4, 0.5) is 22.7 Å². The molecule has 3 aliphatic carbocycles. The Bertz CT molecular complexity index is 3670. The van der Waals surface area contributed by atoms with E-state index in [1.165, 1.54) is 24.3 Å². The molecule has 0 spiro atoms. The van der Waals surface area contributed by atoms with E-state index in [-0.39, 0.29) is 34.2 Å². The summed E-state index contributed by atoms with van der Waals surface area (Å²) in [6, 6.07) is 46.0. The highest BCUT2D eigenvalue weighted by Crippen LogP contribution is 2.47. The van der Waals surface area contributed by atoms with Crippen LogP contribution in [0.1, 0.15) is 0 Å². The third-order valence-corrected chi connectivity index (χ3v) is 12.6. The summed E-state index contributed by atoms with van der Waals surface area (Å²) in [5, 5.41) is 19.9. The summed E-state index contributed by atoms with van der Waals surface area (Å²) in [5.41, 5.74) is 16.1. The Morgan fingerprint density at radius 3 is 0.757 bits per heavy atom. The molecule has 70 heavy (non-hydrogen) atoms. The lowest BCUT2D eigenvalue weighted by Crippen LogP contribution is -2.23. The van der Waals surface area contributed by atoms with Crippen LogP contribution in [0.25, 0.3) is 65.3 Å². The lowest BCUT2D eigenvalue weighted by atomic mass is 9.90. The minimum atomic E-state index is -0.494. The molecule has 0 amide bonds. The number of carbonyl (C=O) groups excluding carboxylic acids is 6. The molecule has 8 N–H and O–H groups in total. The summed E-state index contributed by atoms with van der Waals surface area (Å²) in [6.45, 7) is 0. The Hall–Kier alpha value is -9.94. The Morgan fingerprint density at radius 2 is 0.486 bits per heavy atom. The van der Waals surface area contributed by atoms with E-state index in [0.717, 1.165) is 55.2 Å². The van der Waals surface area contributed by atoms with Gasteiger partial charge in [0.15, 0.2) is 0 Å². The first-order chi connectivity index (χ1) is 34.0. The fraction of sp³-hybridized carbons (Fsp3) is 0. The highest BCUT2D eigenvalue weighted by Gasteiger charge is 2.28. The van der Waals surface area contributed by atoms with Gasteiger partial charge in [0.1, 0.15) is 0 Å². The summed E-state index contributed by atoms with van der Waals surface area (Å²) in [6.07, 6.45) is 7.10. The summed E-state index contributed by atoms with van der Waals surface area (Å²) in [5.74, 6) is -2.86. The van der Waals surface area contributed by atoms with Crippen molar-refractivity contribution in [3.63, 3.8) is 0 Å². The van der Waals surface area contributed by atoms with E-state index in [4.69, 9.17) is 11.5 Å². The van der Waals surface area contributed by atoms with E-state index in [1.807, 2.05) is 146 Å². The predicted molar refractivity (Wildman–Crippen MR) is 275 cm³/mol. The van der Waals surface area contributed by atoms with Gasteiger partial charge in [0.25, 0.3) is 0 Å². The van der Waals surface area contributed by atoms with Gasteiger partial charge in [-0.15, -0.1) is 0 Å². The maximum absolute atomic E-state index is 14.4. The van der Waals surface area contributed by atoms with Crippen molar-refractivity contribution in [3.8, 4) is 22.3 Å². The number of nitrogens with two attached hydrogens (primary N) is 2. The molecule has 0 heterocycles. The first-order valence-electron chi connectivity index (χ1n) is 22.2. The van der Waals surface area contributed by atoms with E-state index in [1.54, 1.807) is 0 Å². The molecule has 8 aromatic rings. The van der Waals surface area contributed by atoms with E-state index >= 15 is 0 Å². The van der Waals surface area contributed by atoms with Gasteiger partial charge in [-0.1, -0.05) is 121 Å². The molecule has 3 aliphatic rings. The Balaban J connectivity index is 0.991. The van der Waals surface area contributed by atoms with Gasteiger partial charge in [0.2, 0.25) is 34.7 Å². The Kier molecular flexibility index (Phi) is 10.4. The second-order valence-corrected chi connectivity index (χ2v) is 17.0. The average molecular weight is 915 g/mol. The molecule has 0 radical (unpaired) electrons. The topological polar surface area (TPSA) is 203 Å². The Labute approximate surface area is 399 Å². The van der Waals surface area contributed by atoms with Gasteiger partial charge in [-0.3, -0.25) is 28.8 Å². The molecule has 11 rings (SSSR count). The SMILES string of the molecule is NC1=CC(=O)C(Nc2ccc3ccccc3c2-c2c(NC3=CC(=O)C(Nc4ccc5ccccc5c4-c4c(NC5=CC(=O)C(N)=CC5=O)ccc5ccccc45)=CC3=O)ccc3ccccc23)=CC1=O. The van der Waals surface area contributed by atoms with Crippen molar-refractivity contribution in [2.24, 2.45) is 11.5 Å². The number of benzene rings is 8. The van der Waals surface area contributed by atoms with Gasteiger partial charge < -0.3 is 32.7 Å². The number of nitrogens with one attached hydrogen (secondary N) is 4. The molecule has 12 nitrogen and oxygen atoms in total. The van der Waals surface area contributed by atoms with Gasteiger partial charge in [-0.2, -0.15) is 0 Å². The molecule has 0 atom stereocenters. The minimum Gasteiger partial charge on any atom is -0.395 e. The van der Waals surface area contributed by atoms with Crippen LogP contribution < -0.4 is 32.7 Å². The standard InChI is InChI=1S/C58H38N6O6/c59-39-25-51(67)45(27-49(39)65)61-41-21-17-31-9-1-5-13-35(31)55(41)57-37-15-7-3-11-33(37)19-23-43(57)63-47-29-54(70)48(30-53(47)69)64-44-24-20-34-12-4-8-16-38(34)58(44)56-36-14-6-2-10-32(36)18-22-42(56)62-46-28-50(66)40(60)26-52(46)68/h1-30,61-64H,59-60H2. The van der Waals surface area contributed by atoms with Crippen molar-refractivity contribution in [1.82, 2.24) is 0 Å². The normalized spacial score (nSPS) is 15.1. The van der Waals surface area contributed by atoms with Gasteiger partial charge in [0, 0.05) is 81.5 Å². The smallest absolute Gasteiger partial charge is 0.204 e. The summed E-state index contributed by atoms with van der Waals surface area (Å²) >= 11 is 0. The summed E-state index contributed by atoms with van der Waals surface area (Å²) in [4.78, 5) is 80.4. The number of fused-ring (bicyclic) bond motifs is 4. The van der Waals surface area contributed by atoms with Crippen LogP contribution in [0.2, 0.25) is 0 Å². The zero-order chi connectivity index (χ0) is 48.2. The van der Waals surface area contributed by atoms with Crippen LogP contribution in [0.15, 0.2) is 216 Å². The number of allylic oxidation sites excluding steroid dienone is 6. The van der Waals surface area contributed by atoms with E-state index in [0.29, 0.717) is 45.0 Å². The quantitative estimate of drug-likeness (QED) is 0.0711. The fourth-order valence-corrected chi connectivity index (χ4v) is 9.26.